The summed E-state index contributed by atoms with van der Waals surface area (Å²) in [5, 5.41) is 9.25. The lowest BCUT2D eigenvalue weighted by Crippen LogP contribution is -2.54. The molecule has 1 fully saturated rings. The van der Waals surface area contributed by atoms with E-state index in [-0.39, 0.29) is 17.8 Å². The molecule has 1 amide bonds. The smallest absolute Gasteiger partial charge is 0.236 e. The van der Waals surface area contributed by atoms with Gasteiger partial charge in [0.05, 0.1) is 17.6 Å². The molecule has 3 heterocycles. The van der Waals surface area contributed by atoms with Gasteiger partial charge in [0.25, 0.3) is 0 Å². The molecule has 0 bridgehead atoms. The standard InChI is InChI=1S/C25H23N5OS/c1-29-23(31)20-15-30(14-17-6-3-2-4-7-17)16-25(20,28-24(29)27)22-11-10-21(32-22)19-9-5-8-18(12-19)13-26/h2-12,20H,14-16H2,1H3,(H2,27,28). The summed E-state index contributed by atoms with van der Waals surface area (Å²) in [6.45, 7) is 2.02. The van der Waals surface area contributed by atoms with Crippen LogP contribution in [0.3, 0.4) is 0 Å². The third-order valence-corrected chi connectivity index (χ3v) is 7.63. The zero-order valence-electron chi connectivity index (χ0n) is 17.7. The van der Waals surface area contributed by atoms with Gasteiger partial charge in [0.15, 0.2) is 5.96 Å². The van der Waals surface area contributed by atoms with E-state index in [0.29, 0.717) is 18.7 Å². The quantitative estimate of drug-likeness (QED) is 0.672. The van der Waals surface area contributed by atoms with E-state index >= 15 is 0 Å². The first kappa shape index (κ1) is 20.4. The topological polar surface area (TPSA) is 85.7 Å². The number of nitrogens with zero attached hydrogens (tertiary/aromatic N) is 4. The van der Waals surface area contributed by atoms with Crippen molar-refractivity contribution < 1.29 is 4.79 Å². The van der Waals surface area contributed by atoms with Gasteiger partial charge in [-0.05, 0) is 35.4 Å². The highest BCUT2D eigenvalue weighted by atomic mass is 32.1. The summed E-state index contributed by atoms with van der Waals surface area (Å²) >= 11 is 1.62. The van der Waals surface area contributed by atoms with E-state index in [2.05, 4.69) is 35.2 Å². The summed E-state index contributed by atoms with van der Waals surface area (Å²) in [6.07, 6.45) is 0. The molecule has 3 aromatic rings. The van der Waals surface area contributed by atoms with Crippen LogP contribution in [0.2, 0.25) is 0 Å². The first-order valence-corrected chi connectivity index (χ1v) is 11.3. The molecule has 2 atom stereocenters. The first-order chi connectivity index (χ1) is 15.5. The molecule has 160 valence electrons. The zero-order valence-corrected chi connectivity index (χ0v) is 18.5. The van der Waals surface area contributed by atoms with Gasteiger partial charge in [-0.3, -0.25) is 14.6 Å². The van der Waals surface area contributed by atoms with Gasteiger partial charge in [-0.15, -0.1) is 11.3 Å². The number of fused-ring (bicyclic) bond motifs is 1. The van der Waals surface area contributed by atoms with Gasteiger partial charge in [0.2, 0.25) is 5.91 Å². The fraction of sp³-hybridized carbons (Fsp3) is 0.240. The van der Waals surface area contributed by atoms with Crippen LogP contribution in [0, 0.1) is 17.2 Å². The molecular formula is C25H23N5OS. The second kappa shape index (κ2) is 7.90. The average Bonchev–Trinajstić information content (AvgIpc) is 3.45. The van der Waals surface area contributed by atoms with E-state index in [4.69, 9.17) is 10.7 Å². The predicted molar refractivity (Wildman–Crippen MR) is 126 cm³/mol. The highest BCUT2D eigenvalue weighted by Crippen LogP contribution is 2.47. The van der Waals surface area contributed by atoms with E-state index in [1.807, 2.05) is 36.4 Å². The van der Waals surface area contributed by atoms with E-state index in [1.165, 1.54) is 10.5 Å². The van der Waals surface area contributed by atoms with Crippen molar-refractivity contribution >= 4 is 23.2 Å². The highest BCUT2D eigenvalue weighted by Gasteiger charge is 2.55. The van der Waals surface area contributed by atoms with Crippen LogP contribution in [-0.2, 0) is 16.9 Å². The Bertz CT molecular complexity index is 1240. The van der Waals surface area contributed by atoms with Crippen LogP contribution in [0.5, 0.6) is 0 Å². The molecule has 0 aliphatic carbocycles. The maximum absolute atomic E-state index is 13.3. The summed E-state index contributed by atoms with van der Waals surface area (Å²) in [5.41, 5.74) is 8.33. The molecule has 32 heavy (non-hydrogen) atoms. The van der Waals surface area contributed by atoms with Crippen LogP contribution in [0.25, 0.3) is 10.4 Å². The van der Waals surface area contributed by atoms with Crippen molar-refractivity contribution in [2.75, 3.05) is 20.1 Å². The third-order valence-electron chi connectivity index (χ3n) is 6.33. The van der Waals surface area contributed by atoms with Crippen LogP contribution >= 0.6 is 11.3 Å². The van der Waals surface area contributed by atoms with Crippen molar-refractivity contribution in [3.05, 3.63) is 82.7 Å². The fourth-order valence-corrected chi connectivity index (χ4v) is 5.86. The van der Waals surface area contributed by atoms with Gasteiger partial charge in [0.1, 0.15) is 5.54 Å². The van der Waals surface area contributed by atoms with Crippen molar-refractivity contribution in [2.45, 2.75) is 12.1 Å². The number of likely N-dealkylation sites (tertiary alicyclic amines) is 1. The second-order valence-electron chi connectivity index (χ2n) is 8.36. The molecule has 2 unspecified atom stereocenters. The normalized spacial score (nSPS) is 23.0. The number of nitrogens with two attached hydrogens (primary N) is 1. The Kier molecular flexibility index (Phi) is 5.04. The molecule has 0 spiro atoms. The second-order valence-corrected chi connectivity index (χ2v) is 9.44. The maximum Gasteiger partial charge on any atom is 0.236 e. The molecule has 2 N–H and O–H groups in total. The zero-order chi connectivity index (χ0) is 22.3. The largest absolute Gasteiger partial charge is 0.369 e. The van der Waals surface area contributed by atoms with Crippen LogP contribution in [0.4, 0.5) is 0 Å². The number of hydrogen-bond acceptors (Lipinski definition) is 6. The third kappa shape index (κ3) is 3.38. The number of thiophene rings is 1. The minimum atomic E-state index is -0.696. The Morgan fingerprint density at radius 1 is 1.19 bits per heavy atom. The summed E-state index contributed by atoms with van der Waals surface area (Å²) in [4.78, 5) is 24.0. The fourth-order valence-electron chi connectivity index (χ4n) is 4.68. The van der Waals surface area contributed by atoms with Crippen LogP contribution in [0.1, 0.15) is 16.0 Å². The molecule has 5 rings (SSSR count). The molecule has 2 aliphatic heterocycles. The van der Waals surface area contributed by atoms with Gasteiger partial charge in [0, 0.05) is 36.4 Å². The van der Waals surface area contributed by atoms with Crippen LogP contribution in [-0.4, -0.2) is 41.8 Å². The van der Waals surface area contributed by atoms with Crippen molar-refractivity contribution in [3.8, 4) is 16.5 Å². The van der Waals surface area contributed by atoms with E-state index in [1.54, 1.807) is 24.5 Å². The molecule has 2 aromatic carbocycles. The lowest BCUT2D eigenvalue weighted by atomic mass is 9.84. The number of benzene rings is 2. The number of aliphatic imine (C=N–C) groups is 1. The highest BCUT2D eigenvalue weighted by molar-refractivity contribution is 7.15. The lowest BCUT2D eigenvalue weighted by Gasteiger charge is -2.37. The van der Waals surface area contributed by atoms with E-state index in [0.717, 1.165) is 21.9 Å². The van der Waals surface area contributed by atoms with Gasteiger partial charge >= 0.3 is 0 Å². The minimum absolute atomic E-state index is 0.00879. The van der Waals surface area contributed by atoms with Gasteiger partial charge in [-0.25, -0.2) is 4.99 Å². The van der Waals surface area contributed by atoms with Crippen molar-refractivity contribution in [2.24, 2.45) is 16.6 Å². The molecular weight excluding hydrogens is 418 g/mol. The number of hydrogen-bond donors (Lipinski definition) is 1. The average molecular weight is 442 g/mol. The number of carbonyl (C=O) groups excluding carboxylic acids is 1. The predicted octanol–water partition coefficient (Wildman–Crippen LogP) is 3.40. The molecule has 6 nitrogen and oxygen atoms in total. The van der Waals surface area contributed by atoms with Crippen molar-refractivity contribution in [1.29, 1.82) is 5.26 Å². The van der Waals surface area contributed by atoms with Crippen molar-refractivity contribution in [3.63, 3.8) is 0 Å². The SMILES string of the molecule is CN1C(=O)C2CN(Cc3ccccc3)CC2(c2ccc(-c3cccc(C#N)c3)s2)N=C1N. The molecule has 0 saturated carbocycles. The molecule has 0 radical (unpaired) electrons. The molecule has 2 aliphatic rings. The number of amides is 1. The summed E-state index contributed by atoms with van der Waals surface area (Å²) < 4.78 is 0. The monoisotopic (exact) mass is 441 g/mol. The summed E-state index contributed by atoms with van der Waals surface area (Å²) in [6, 6.07) is 24.2. The van der Waals surface area contributed by atoms with Crippen LogP contribution < -0.4 is 5.73 Å². The Hall–Kier alpha value is -3.47. The summed E-state index contributed by atoms with van der Waals surface area (Å²) in [5.74, 6) is -0.0239. The first-order valence-electron chi connectivity index (χ1n) is 10.5. The summed E-state index contributed by atoms with van der Waals surface area (Å²) in [7, 11) is 1.69. The minimum Gasteiger partial charge on any atom is -0.369 e. The number of carbonyl (C=O) groups is 1. The van der Waals surface area contributed by atoms with Crippen LogP contribution in [0.15, 0.2) is 71.7 Å². The molecule has 1 saturated heterocycles. The lowest BCUT2D eigenvalue weighted by molar-refractivity contribution is -0.132. The van der Waals surface area contributed by atoms with Gasteiger partial charge in [-0.1, -0.05) is 42.5 Å². The number of nitriles is 1. The van der Waals surface area contributed by atoms with Crippen molar-refractivity contribution in [1.82, 2.24) is 9.80 Å². The Morgan fingerprint density at radius 3 is 2.78 bits per heavy atom. The van der Waals surface area contributed by atoms with Gasteiger partial charge in [-0.2, -0.15) is 5.26 Å². The molecule has 1 aromatic heterocycles. The number of rotatable bonds is 4. The van der Waals surface area contributed by atoms with Gasteiger partial charge < -0.3 is 5.73 Å². The Morgan fingerprint density at radius 2 is 2.00 bits per heavy atom. The maximum atomic E-state index is 13.3. The Labute approximate surface area is 191 Å². The van der Waals surface area contributed by atoms with E-state index < -0.39 is 5.54 Å². The number of guanidine groups is 1. The van der Waals surface area contributed by atoms with E-state index in [9.17, 15) is 10.1 Å². The molecule has 7 heteroatoms. The Balaban J connectivity index is 1.54.